The molecule has 14 heavy (non-hydrogen) atoms. The summed E-state index contributed by atoms with van der Waals surface area (Å²) in [6, 6.07) is 0. The van der Waals surface area contributed by atoms with Crippen molar-refractivity contribution in [3.05, 3.63) is 0 Å². The van der Waals surface area contributed by atoms with Crippen LogP contribution in [0.3, 0.4) is 0 Å². The first-order valence-corrected chi connectivity index (χ1v) is 5.10. The molecule has 0 radical (unpaired) electrons. The number of rotatable bonds is 3. The van der Waals surface area contributed by atoms with Gasteiger partial charge in [-0.05, 0) is 43.0 Å². The lowest BCUT2D eigenvalue weighted by molar-refractivity contribution is 0.214. The third-order valence-electron chi connectivity index (χ3n) is 3.18. The fourth-order valence-corrected chi connectivity index (χ4v) is 1.86. The van der Waals surface area contributed by atoms with E-state index in [9.17, 15) is 0 Å². The van der Waals surface area contributed by atoms with Crippen LogP contribution >= 0.6 is 0 Å². The summed E-state index contributed by atoms with van der Waals surface area (Å²) < 4.78 is 1.67. The molecule has 0 saturated heterocycles. The Bertz CT molecular complexity index is 313. The molecule has 5 heteroatoms. The largest absolute Gasteiger partial charge is 0.348 e. The van der Waals surface area contributed by atoms with Crippen molar-refractivity contribution in [1.82, 2.24) is 20.2 Å². The van der Waals surface area contributed by atoms with Gasteiger partial charge >= 0.3 is 0 Å². The molecule has 2 rings (SSSR count). The Balaban J connectivity index is 2.05. The van der Waals surface area contributed by atoms with Gasteiger partial charge in [0.25, 0.3) is 0 Å². The minimum Gasteiger partial charge on any atom is -0.348 e. The number of aryl methyl sites for hydroxylation is 1. The first-order valence-electron chi connectivity index (χ1n) is 5.10. The molecule has 1 fully saturated rings. The standard InChI is InChI=1S/C9H17N5/c1-9(2,7-5-4-6-7)10-8-11-12-13-14(8)3/h7H,4-6H2,1-3H3,(H,10,11,13). The van der Waals surface area contributed by atoms with Crippen molar-refractivity contribution < 1.29 is 0 Å². The molecular formula is C9H17N5. The van der Waals surface area contributed by atoms with E-state index in [1.165, 1.54) is 19.3 Å². The minimum absolute atomic E-state index is 0.0979. The van der Waals surface area contributed by atoms with Crippen LogP contribution in [0, 0.1) is 5.92 Å². The monoisotopic (exact) mass is 195 g/mol. The normalized spacial score (nSPS) is 17.9. The van der Waals surface area contributed by atoms with Crippen molar-refractivity contribution in [2.75, 3.05) is 5.32 Å². The van der Waals surface area contributed by atoms with Crippen LogP contribution < -0.4 is 5.32 Å². The summed E-state index contributed by atoms with van der Waals surface area (Å²) in [5.74, 6) is 1.50. The Labute approximate surface area is 83.9 Å². The van der Waals surface area contributed by atoms with E-state index in [1.54, 1.807) is 4.68 Å². The van der Waals surface area contributed by atoms with Gasteiger partial charge in [-0.2, -0.15) is 0 Å². The highest BCUT2D eigenvalue weighted by atomic mass is 15.6. The first-order chi connectivity index (χ1) is 6.59. The summed E-state index contributed by atoms with van der Waals surface area (Å²) >= 11 is 0. The van der Waals surface area contributed by atoms with Gasteiger partial charge in [-0.25, -0.2) is 4.68 Å². The van der Waals surface area contributed by atoms with Crippen LogP contribution in [0.1, 0.15) is 33.1 Å². The second-order valence-corrected chi connectivity index (χ2v) is 4.60. The lowest BCUT2D eigenvalue weighted by Crippen LogP contribution is -2.43. The van der Waals surface area contributed by atoms with Crippen LogP contribution in [0.5, 0.6) is 0 Å². The maximum Gasteiger partial charge on any atom is 0.243 e. The zero-order chi connectivity index (χ0) is 10.2. The summed E-state index contributed by atoms with van der Waals surface area (Å²) in [6.45, 7) is 4.43. The number of aromatic nitrogens is 4. The van der Waals surface area contributed by atoms with E-state index in [2.05, 4.69) is 34.7 Å². The van der Waals surface area contributed by atoms with Gasteiger partial charge < -0.3 is 5.32 Å². The molecule has 1 aromatic heterocycles. The van der Waals surface area contributed by atoms with Crippen LogP contribution in [-0.2, 0) is 7.05 Å². The predicted octanol–water partition coefficient (Wildman–Crippen LogP) is 1.20. The van der Waals surface area contributed by atoms with Gasteiger partial charge in [-0.1, -0.05) is 11.5 Å². The third-order valence-corrected chi connectivity index (χ3v) is 3.18. The molecule has 0 aliphatic heterocycles. The number of nitrogens with zero attached hydrogens (tertiary/aromatic N) is 4. The molecule has 1 saturated carbocycles. The van der Waals surface area contributed by atoms with E-state index in [0.29, 0.717) is 0 Å². The highest BCUT2D eigenvalue weighted by Crippen LogP contribution is 2.37. The van der Waals surface area contributed by atoms with E-state index in [0.717, 1.165) is 11.9 Å². The van der Waals surface area contributed by atoms with E-state index in [1.807, 2.05) is 7.05 Å². The fourth-order valence-electron chi connectivity index (χ4n) is 1.86. The van der Waals surface area contributed by atoms with Gasteiger partial charge in [0.05, 0.1) is 0 Å². The quantitative estimate of drug-likeness (QED) is 0.787. The molecule has 0 bridgehead atoms. The number of nitrogens with one attached hydrogen (secondary N) is 1. The predicted molar refractivity (Wildman–Crippen MR) is 53.8 cm³/mol. The van der Waals surface area contributed by atoms with E-state index < -0.39 is 0 Å². The van der Waals surface area contributed by atoms with Crippen LogP contribution in [-0.4, -0.2) is 25.7 Å². The molecule has 5 nitrogen and oxygen atoms in total. The Morgan fingerprint density at radius 2 is 2.14 bits per heavy atom. The van der Waals surface area contributed by atoms with Crippen LogP contribution in [0.25, 0.3) is 0 Å². The van der Waals surface area contributed by atoms with Crippen LogP contribution in [0.2, 0.25) is 0 Å². The number of hydrogen-bond donors (Lipinski definition) is 1. The number of anilines is 1. The van der Waals surface area contributed by atoms with Crippen molar-refractivity contribution in [3.8, 4) is 0 Å². The molecule has 1 aliphatic carbocycles. The van der Waals surface area contributed by atoms with Gasteiger partial charge in [-0.15, -0.1) is 0 Å². The molecule has 0 unspecified atom stereocenters. The molecule has 0 atom stereocenters. The maximum absolute atomic E-state index is 3.93. The Morgan fingerprint density at radius 3 is 2.57 bits per heavy atom. The lowest BCUT2D eigenvalue weighted by Gasteiger charge is -2.40. The topological polar surface area (TPSA) is 55.6 Å². The Morgan fingerprint density at radius 1 is 1.43 bits per heavy atom. The zero-order valence-electron chi connectivity index (χ0n) is 8.99. The molecule has 0 amide bonds. The lowest BCUT2D eigenvalue weighted by atomic mass is 9.73. The van der Waals surface area contributed by atoms with Crippen molar-refractivity contribution in [3.63, 3.8) is 0 Å². The molecule has 0 spiro atoms. The van der Waals surface area contributed by atoms with Gasteiger partial charge in [0.1, 0.15) is 0 Å². The van der Waals surface area contributed by atoms with Gasteiger partial charge in [0.2, 0.25) is 5.95 Å². The van der Waals surface area contributed by atoms with Crippen molar-refractivity contribution >= 4 is 5.95 Å². The molecule has 1 aromatic rings. The SMILES string of the molecule is Cn1nnnc1NC(C)(C)C1CCC1. The highest BCUT2D eigenvalue weighted by molar-refractivity contribution is 5.27. The molecule has 1 heterocycles. The average Bonchev–Trinajstić information content (AvgIpc) is 2.30. The van der Waals surface area contributed by atoms with E-state index in [-0.39, 0.29) is 5.54 Å². The molecule has 78 valence electrons. The van der Waals surface area contributed by atoms with Gasteiger partial charge in [0, 0.05) is 12.6 Å². The van der Waals surface area contributed by atoms with E-state index in [4.69, 9.17) is 0 Å². The Kier molecular flexibility index (Phi) is 2.17. The summed E-state index contributed by atoms with van der Waals surface area (Å²) in [4.78, 5) is 0. The Hall–Kier alpha value is -1.13. The molecule has 1 aliphatic rings. The second kappa shape index (κ2) is 3.22. The van der Waals surface area contributed by atoms with Crippen molar-refractivity contribution in [1.29, 1.82) is 0 Å². The smallest absolute Gasteiger partial charge is 0.243 e. The third kappa shape index (κ3) is 1.58. The van der Waals surface area contributed by atoms with Crippen molar-refractivity contribution in [2.45, 2.75) is 38.6 Å². The first kappa shape index (κ1) is 9.43. The highest BCUT2D eigenvalue weighted by Gasteiger charge is 2.34. The molecule has 1 N–H and O–H groups in total. The summed E-state index contributed by atoms with van der Waals surface area (Å²) in [7, 11) is 1.85. The van der Waals surface area contributed by atoms with E-state index >= 15 is 0 Å². The zero-order valence-corrected chi connectivity index (χ0v) is 8.99. The van der Waals surface area contributed by atoms with Gasteiger partial charge in [0.15, 0.2) is 0 Å². The number of hydrogen-bond acceptors (Lipinski definition) is 4. The summed E-state index contributed by atoms with van der Waals surface area (Å²) in [5.41, 5.74) is 0.0979. The van der Waals surface area contributed by atoms with Crippen molar-refractivity contribution in [2.24, 2.45) is 13.0 Å². The number of tetrazole rings is 1. The molecule has 0 aromatic carbocycles. The fraction of sp³-hybridized carbons (Fsp3) is 0.889. The second-order valence-electron chi connectivity index (χ2n) is 4.60. The summed E-state index contributed by atoms with van der Waals surface area (Å²) in [5, 5.41) is 14.7. The molecular weight excluding hydrogens is 178 g/mol. The van der Waals surface area contributed by atoms with Gasteiger partial charge in [-0.3, -0.25) is 0 Å². The van der Waals surface area contributed by atoms with Crippen LogP contribution in [0.15, 0.2) is 0 Å². The minimum atomic E-state index is 0.0979. The summed E-state index contributed by atoms with van der Waals surface area (Å²) in [6.07, 6.45) is 3.98. The van der Waals surface area contributed by atoms with Crippen LogP contribution in [0.4, 0.5) is 5.95 Å². The average molecular weight is 195 g/mol. The maximum atomic E-state index is 3.93.